The average molecular weight is 328 g/mol. The molecule has 0 aliphatic heterocycles. The number of rotatable bonds is 8. The summed E-state index contributed by atoms with van der Waals surface area (Å²) in [6.45, 7) is 7.50. The topological polar surface area (TPSA) is 50.6 Å². The van der Waals surface area contributed by atoms with Crippen LogP contribution in [0.4, 0.5) is 0 Å². The molecule has 0 aliphatic rings. The van der Waals surface area contributed by atoms with Crippen molar-refractivity contribution in [2.45, 2.75) is 26.8 Å². The number of aliphatic imine (C=N–C) groups is 1. The minimum atomic E-state index is 0.721. The molecule has 130 valence electrons. The molecule has 0 bridgehead atoms. The first-order chi connectivity index (χ1) is 11.7. The van der Waals surface area contributed by atoms with Gasteiger partial charge in [-0.05, 0) is 44.0 Å². The molecule has 0 atom stereocenters. The summed E-state index contributed by atoms with van der Waals surface area (Å²) in [6.07, 6.45) is 4.99. The van der Waals surface area contributed by atoms with Gasteiger partial charge in [0.15, 0.2) is 5.96 Å². The lowest BCUT2D eigenvalue weighted by molar-refractivity contribution is 0.409. The van der Waals surface area contributed by atoms with E-state index in [0.29, 0.717) is 0 Å². The molecular weight excluding hydrogens is 300 g/mol. The highest BCUT2D eigenvalue weighted by molar-refractivity contribution is 5.79. The summed E-state index contributed by atoms with van der Waals surface area (Å²) in [5.41, 5.74) is 2.44. The number of hydrogen-bond acceptors (Lipinski definition) is 2. The van der Waals surface area contributed by atoms with Gasteiger partial charge in [-0.1, -0.05) is 17.7 Å². The Hall–Kier alpha value is -2.43. The zero-order valence-electron chi connectivity index (χ0n) is 14.9. The van der Waals surface area contributed by atoms with Crippen LogP contribution in [0.5, 0.6) is 5.75 Å². The van der Waals surface area contributed by atoms with Gasteiger partial charge in [0.25, 0.3) is 0 Å². The van der Waals surface area contributed by atoms with E-state index in [-0.39, 0.29) is 0 Å². The standard InChI is InChI=1S/C19H28N4O/c1-4-20-19(22-11-14-23-12-5-6-13-23)21-10-9-17-15-16(2)7-8-18(17)24-3/h5-8,12-13,15H,4,9-11,14H2,1-3H3,(H2,20,21,22). The van der Waals surface area contributed by atoms with Crippen molar-refractivity contribution in [3.63, 3.8) is 0 Å². The van der Waals surface area contributed by atoms with Crippen molar-refractivity contribution in [3.05, 3.63) is 53.9 Å². The first-order valence-electron chi connectivity index (χ1n) is 8.49. The number of guanidine groups is 1. The van der Waals surface area contributed by atoms with Crippen molar-refractivity contribution in [3.8, 4) is 5.75 Å². The number of nitrogens with zero attached hydrogens (tertiary/aromatic N) is 2. The van der Waals surface area contributed by atoms with E-state index < -0.39 is 0 Å². The zero-order valence-corrected chi connectivity index (χ0v) is 14.9. The predicted octanol–water partition coefficient (Wildman–Crippen LogP) is 2.60. The van der Waals surface area contributed by atoms with E-state index >= 15 is 0 Å². The Balaban J connectivity index is 1.87. The molecule has 1 heterocycles. The van der Waals surface area contributed by atoms with Crippen molar-refractivity contribution in [2.75, 3.05) is 26.7 Å². The SMILES string of the molecule is CCNC(=NCCc1cc(C)ccc1OC)NCCn1cccc1. The smallest absolute Gasteiger partial charge is 0.191 e. The summed E-state index contributed by atoms with van der Waals surface area (Å²) in [6, 6.07) is 10.3. The van der Waals surface area contributed by atoms with E-state index in [1.54, 1.807) is 7.11 Å². The summed E-state index contributed by atoms with van der Waals surface area (Å²) >= 11 is 0. The predicted molar refractivity (Wildman–Crippen MR) is 99.8 cm³/mol. The molecule has 1 aromatic carbocycles. The molecule has 0 saturated heterocycles. The van der Waals surface area contributed by atoms with Gasteiger partial charge in [-0.2, -0.15) is 0 Å². The number of aromatic nitrogens is 1. The summed E-state index contributed by atoms with van der Waals surface area (Å²) in [7, 11) is 1.71. The van der Waals surface area contributed by atoms with Crippen molar-refractivity contribution >= 4 is 5.96 Å². The largest absolute Gasteiger partial charge is 0.496 e. The molecule has 0 spiro atoms. The third kappa shape index (κ3) is 5.65. The van der Waals surface area contributed by atoms with Gasteiger partial charge in [0.2, 0.25) is 0 Å². The van der Waals surface area contributed by atoms with Crippen LogP contribution in [0.2, 0.25) is 0 Å². The lowest BCUT2D eigenvalue weighted by Gasteiger charge is -2.12. The van der Waals surface area contributed by atoms with Gasteiger partial charge in [0, 0.05) is 38.6 Å². The summed E-state index contributed by atoms with van der Waals surface area (Å²) < 4.78 is 7.58. The number of aryl methyl sites for hydroxylation is 1. The highest BCUT2D eigenvalue weighted by atomic mass is 16.5. The van der Waals surface area contributed by atoms with E-state index in [1.165, 1.54) is 11.1 Å². The first kappa shape index (κ1) is 17.9. The Morgan fingerprint density at radius 1 is 1.21 bits per heavy atom. The van der Waals surface area contributed by atoms with Crippen molar-refractivity contribution in [1.82, 2.24) is 15.2 Å². The van der Waals surface area contributed by atoms with Gasteiger partial charge < -0.3 is 19.9 Å². The van der Waals surface area contributed by atoms with Gasteiger partial charge in [0.1, 0.15) is 5.75 Å². The molecule has 2 rings (SSSR count). The highest BCUT2D eigenvalue weighted by Gasteiger charge is 2.03. The molecule has 2 aromatic rings. The van der Waals surface area contributed by atoms with Gasteiger partial charge in [0.05, 0.1) is 7.11 Å². The summed E-state index contributed by atoms with van der Waals surface area (Å²) in [5, 5.41) is 6.66. The summed E-state index contributed by atoms with van der Waals surface area (Å²) in [5.74, 6) is 1.79. The maximum atomic E-state index is 5.43. The minimum absolute atomic E-state index is 0.721. The molecular formula is C19H28N4O. The fraction of sp³-hybridized carbons (Fsp3) is 0.421. The van der Waals surface area contributed by atoms with Gasteiger partial charge >= 0.3 is 0 Å². The fourth-order valence-electron chi connectivity index (χ4n) is 2.56. The quantitative estimate of drug-likeness (QED) is 0.578. The van der Waals surface area contributed by atoms with Crippen molar-refractivity contribution in [1.29, 1.82) is 0 Å². The van der Waals surface area contributed by atoms with Crippen LogP contribution in [0.15, 0.2) is 47.7 Å². The maximum Gasteiger partial charge on any atom is 0.191 e. The van der Waals surface area contributed by atoms with Crippen molar-refractivity contribution in [2.24, 2.45) is 4.99 Å². The molecule has 5 nitrogen and oxygen atoms in total. The number of nitrogens with one attached hydrogen (secondary N) is 2. The lowest BCUT2D eigenvalue weighted by atomic mass is 10.1. The normalized spacial score (nSPS) is 11.4. The van der Waals surface area contributed by atoms with Crippen LogP contribution in [-0.2, 0) is 13.0 Å². The summed E-state index contributed by atoms with van der Waals surface area (Å²) in [4.78, 5) is 4.66. The third-order valence-corrected chi connectivity index (χ3v) is 3.76. The Morgan fingerprint density at radius 3 is 2.71 bits per heavy atom. The van der Waals surface area contributed by atoms with Crippen LogP contribution in [0.25, 0.3) is 0 Å². The van der Waals surface area contributed by atoms with Gasteiger partial charge in [-0.3, -0.25) is 4.99 Å². The van der Waals surface area contributed by atoms with Crippen LogP contribution < -0.4 is 15.4 Å². The molecule has 0 radical (unpaired) electrons. The second kappa shape index (κ2) is 9.65. The maximum absolute atomic E-state index is 5.43. The number of ether oxygens (including phenoxy) is 1. The van der Waals surface area contributed by atoms with E-state index in [1.807, 2.05) is 18.2 Å². The molecule has 0 amide bonds. The van der Waals surface area contributed by atoms with Crippen molar-refractivity contribution < 1.29 is 4.74 Å². The molecule has 24 heavy (non-hydrogen) atoms. The number of methoxy groups -OCH3 is 1. The van der Waals surface area contributed by atoms with Crippen LogP contribution in [0.1, 0.15) is 18.1 Å². The van der Waals surface area contributed by atoms with Gasteiger partial charge in [-0.15, -0.1) is 0 Å². The highest BCUT2D eigenvalue weighted by Crippen LogP contribution is 2.20. The van der Waals surface area contributed by atoms with Crippen LogP contribution >= 0.6 is 0 Å². The van der Waals surface area contributed by atoms with E-state index in [2.05, 4.69) is 58.6 Å². The molecule has 0 fully saturated rings. The number of benzene rings is 1. The van der Waals surface area contributed by atoms with Crippen LogP contribution in [0.3, 0.4) is 0 Å². The number of hydrogen-bond donors (Lipinski definition) is 2. The third-order valence-electron chi connectivity index (χ3n) is 3.76. The molecule has 0 unspecified atom stereocenters. The zero-order chi connectivity index (χ0) is 17.2. The molecule has 2 N–H and O–H groups in total. The van der Waals surface area contributed by atoms with E-state index in [4.69, 9.17) is 4.74 Å². The van der Waals surface area contributed by atoms with E-state index in [9.17, 15) is 0 Å². The first-order valence-corrected chi connectivity index (χ1v) is 8.49. The monoisotopic (exact) mass is 328 g/mol. The lowest BCUT2D eigenvalue weighted by Crippen LogP contribution is -2.39. The second-order valence-corrected chi connectivity index (χ2v) is 5.67. The molecule has 5 heteroatoms. The Labute approximate surface area is 144 Å². The average Bonchev–Trinajstić information content (AvgIpc) is 3.08. The van der Waals surface area contributed by atoms with Crippen LogP contribution in [-0.4, -0.2) is 37.3 Å². The molecule has 0 saturated carbocycles. The fourth-order valence-corrected chi connectivity index (χ4v) is 2.56. The van der Waals surface area contributed by atoms with Crippen LogP contribution in [0, 0.1) is 6.92 Å². The Morgan fingerprint density at radius 2 is 2.00 bits per heavy atom. The Kier molecular flexibility index (Phi) is 7.21. The Bertz CT molecular complexity index is 635. The van der Waals surface area contributed by atoms with Gasteiger partial charge in [-0.25, -0.2) is 0 Å². The molecule has 1 aromatic heterocycles. The van der Waals surface area contributed by atoms with E-state index in [0.717, 1.165) is 44.3 Å². The molecule has 0 aliphatic carbocycles. The minimum Gasteiger partial charge on any atom is -0.496 e. The second-order valence-electron chi connectivity index (χ2n) is 5.67.